The number of hydrogen-bond acceptors (Lipinski definition) is 3. The van der Waals surface area contributed by atoms with Gasteiger partial charge < -0.3 is 4.74 Å². The van der Waals surface area contributed by atoms with Crippen LogP contribution in [0.5, 0.6) is 5.75 Å². The molecule has 0 spiro atoms. The normalized spacial score (nSPS) is 16.1. The van der Waals surface area contributed by atoms with Gasteiger partial charge in [-0.05, 0) is 37.6 Å². The van der Waals surface area contributed by atoms with Crippen LogP contribution in [-0.2, 0) is 6.54 Å². The van der Waals surface area contributed by atoms with E-state index in [4.69, 9.17) is 10.00 Å². The molecule has 3 nitrogen and oxygen atoms in total. The van der Waals surface area contributed by atoms with E-state index in [1.165, 1.54) is 32.1 Å². The third-order valence-corrected chi connectivity index (χ3v) is 4.28. The number of methoxy groups -OCH3 is 1. The zero-order valence-corrected chi connectivity index (χ0v) is 12.6. The van der Waals surface area contributed by atoms with E-state index in [-0.39, 0.29) is 0 Å². The Morgan fingerprint density at radius 2 is 2.05 bits per heavy atom. The van der Waals surface area contributed by atoms with Crippen molar-refractivity contribution in [1.82, 2.24) is 4.90 Å². The molecular formula is C17H24N2O. The van der Waals surface area contributed by atoms with Gasteiger partial charge in [0.25, 0.3) is 0 Å². The minimum absolute atomic E-state index is 0.684. The quantitative estimate of drug-likeness (QED) is 0.819. The molecule has 20 heavy (non-hydrogen) atoms. The average Bonchev–Trinajstić information content (AvgIpc) is 2.53. The second-order valence-electron chi connectivity index (χ2n) is 5.49. The zero-order chi connectivity index (χ0) is 14.4. The lowest BCUT2D eigenvalue weighted by molar-refractivity contribution is 0.154. The maximum Gasteiger partial charge on any atom is 0.123 e. The van der Waals surface area contributed by atoms with E-state index in [0.717, 1.165) is 24.4 Å². The molecule has 1 aromatic rings. The molecule has 0 aliphatic heterocycles. The predicted octanol–water partition coefficient (Wildman–Crippen LogP) is 3.72. The number of nitrogens with zero attached hydrogens (tertiary/aromatic N) is 2. The molecule has 1 aromatic carbocycles. The Bertz CT molecular complexity index is 472. The zero-order valence-electron chi connectivity index (χ0n) is 12.6. The third kappa shape index (κ3) is 3.52. The highest BCUT2D eigenvalue weighted by molar-refractivity contribution is 5.42. The van der Waals surface area contributed by atoms with Crippen LogP contribution in [0.4, 0.5) is 0 Å². The van der Waals surface area contributed by atoms with Gasteiger partial charge in [0.15, 0.2) is 0 Å². The molecule has 1 fully saturated rings. The van der Waals surface area contributed by atoms with Gasteiger partial charge in [-0.15, -0.1) is 0 Å². The highest BCUT2D eigenvalue weighted by Crippen LogP contribution is 2.27. The van der Waals surface area contributed by atoms with E-state index in [1.807, 2.05) is 18.2 Å². The second-order valence-corrected chi connectivity index (χ2v) is 5.49. The molecule has 108 valence electrons. The molecule has 0 saturated heterocycles. The highest BCUT2D eigenvalue weighted by Gasteiger charge is 2.21. The summed E-state index contributed by atoms with van der Waals surface area (Å²) in [4.78, 5) is 2.53. The predicted molar refractivity (Wildman–Crippen MR) is 80.7 cm³/mol. The van der Waals surface area contributed by atoms with Crippen molar-refractivity contribution in [2.45, 2.75) is 51.6 Å². The lowest BCUT2D eigenvalue weighted by Crippen LogP contribution is -2.36. The first kappa shape index (κ1) is 14.9. The van der Waals surface area contributed by atoms with E-state index >= 15 is 0 Å². The number of hydrogen-bond donors (Lipinski definition) is 0. The Balaban J connectivity index is 2.15. The number of benzene rings is 1. The van der Waals surface area contributed by atoms with Crippen molar-refractivity contribution in [1.29, 1.82) is 5.26 Å². The molecule has 1 aliphatic rings. The molecule has 2 rings (SSSR count). The summed E-state index contributed by atoms with van der Waals surface area (Å²) >= 11 is 0. The Kier molecular flexibility index (Phi) is 5.43. The average molecular weight is 272 g/mol. The number of rotatable bonds is 5. The van der Waals surface area contributed by atoms with Gasteiger partial charge in [-0.25, -0.2) is 0 Å². The molecule has 3 heteroatoms. The van der Waals surface area contributed by atoms with E-state index in [2.05, 4.69) is 17.9 Å². The van der Waals surface area contributed by atoms with Crippen LogP contribution in [0.1, 0.15) is 50.2 Å². The van der Waals surface area contributed by atoms with Crippen LogP contribution in [0.15, 0.2) is 18.2 Å². The fraction of sp³-hybridized carbons (Fsp3) is 0.588. The smallest absolute Gasteiger partial charge is 0.123 e. The monoisotopic (exact) mass is 272 g/mol. The largest absolute Gasteiger partial charge is 0.496 e. The standard InChI is InChI=1S/C17H24N2O/c1-3-19(16-7-5-4-6-8-16)13-15-11-14(12-18)9-10-17(15)20-2/h9-11,16H,3-8,13H2,1-2H3. The van der Waals surface area contributed by atoms with Crippen molar-refractivity contribution >= 4 is 0 Å². The summed E-state index contributed by atoms with van der Waals surface area (Å²) < 4.78 is 5.44. The number of ether oxygens (including phenoxy) is 1. The summed E-state index contributed by atoms with van der Waals surface area (Å²) in [7, 11) is 1.70. The highest BCUT2D eigenvalue weighted by atomic mass is 16.5. The molecule has 0 radical (unpaired) electrons. The van der Waals surface area contributed by atoms with Gasteiger partial charge in [-0.2, -0.15) is 5.26 Å². The first-order valence-corrected chi connectivity index (χ1v) is 7.59. The van der Waals surface area contributed by atoms with Crippen molar-refractivity contribution in [2.24, 2.45) is 0 Å². The maximum absolute atomic E-state index is 9.06. The molecule has 0 bridgehead atoms. The Hall–Kier alpha value is -1.53. The van der Waals surface area contributed by atoms with Gasteiger partial charge in [0.2, 0.25) is 0 Å². The summed E-state index contributed by atoms with van der Waals surface area (Å²) in [5.74, 6) is 0.887. The van der Waals surface area contributed by atoms with Gasteiger partial charge in [0.05, 0.1) is 18.7 Å². The van der Waals surface area contributed by atoms with Crippen molar-refractivity contribution in [3.8, 4) is 11.8 Å². The van der Waals surface area contributed by atoms with Crippen molar-refractivity contribution in [3.63, 3.8) is 0 Å². The lowest BCUT2D eigenvalue weighted by atomic mass is 9.93. The SMILES string of the molecule is CCN(Cc1cc(C#N)ccc1OC)C1CCCCC1. The second kappa shape index (κ2) is 7.31. The van der Waals surface area contributed by atoms with Crippen LogP contribution in [0.3, 0.4) is 0 Å². The van der Waals surface area contributed by atoms with Crippen LogP contribution < -0.4 is 4.74 Å². The summed E-state index contributed by atoms with van der Waals surface area (Å²) in [5.41, 5.74) is 1.83. The van der Waals surface area contributed by atoms with Gasteiger partial charge in [0, 0.05) is 18.2 Å². The number of nitriles is 1. The molecule has 0 N–H and O–H groups in total. The maximum atomic E-state index is 9.06. The molecule has 0 aromatic heterocycles. The van der Waals surface area contributed by atoms with Crippen LogP contribution >= 0.6 is 0 Å². The molecule has 0 heterocycles. The van der Waals surface area contributed by atoms with Gasteiger partial charge in [-0.1, -0.05) is 26.2 Å². The summed E-state index contributed by atoms with van der Waals surface area (Å²) in [6, 6.07) is 8.59. The molecule has 0 amide bonds. The van der Waals surface area contributed by atoms with Gasteiger partial charge in [-0.3, -0.25) is 4.90 Å². The summed E-state index contributed by atoms with van der Waals surface area (Å²) in [5, 5.41) is 9.06. The van der Waals surface area contributed by atoms with Crippen molar-refractivity contribution in [2.75, 3.05) is 13.7 Å². The Labute approximate surface area is 122 Å². The molecule has 0 unspecified atom stereocenters. The minimum atomic E-state index is 0.684. The van der Waals surface area contributed by atoms with Crippen molar-refractivity contribution in [3.05, 3.63) is 29.3 Å². The topological polar surface area (TPSA) is 36.3 Å². The Morgan fingerprint density at radius 3 is 2.65 bits per heavy atom. The molecule has 0 atom stereocenters. The Morgan fingerprint density at radius 1 is 1.30 bits per heavy atom. The molecule has 1 saturated carbocycles. The van der Waals surface area contributed by atoms with Crippen LogP contribution in [0.25, 0.3) is 0 Å². The fourth-order valence-electron chi connectivity index (χ4n) is 3.14. The molecular weight excluding hydrogens is 248 g/mol. The van der Waals surface area contributed by atoms with Gasteiger partial charge in [0.1, 0.15) is 5.75 Å². The third-order valence-electron chi connectivity index (χ3n) is 4.28. The van der Waals surface area contributed by atoms with Gasteiger partial charge >= 0.3 is 0 Å². The van der Waals surface area contributed by atoms with E-state index in [0.29, 0.717) is 11.6 Å². The van der Waals surface area contributed by atoms with Crippen molar-refractivity contribution < 1.29 is 4.74 Å². The minimum Gasteiger partial charge on any atom is -0.496 e. The first-order valence-electron chi connectivity index (χ1n) is 7.59. The van der Waals surface area contributed by atoms with E-state index in [1.54, 1.807) is 7.11 Å². The van der Waals surface area contributed by atoms with E-state index < -0.39 is 0 Å². The van der Waals surface area contributed by atoms with E-state index in [9.17, 15) is 0 Å². The van der Waals surface area contributed by atoms with Crippen LogP contribution in [0.2, 0.25) is 0 Å². The summed E-state index contributed by atoms with van der Waals surface area (Å²) in [6.45, 7) is 4.14. The van der Waals surface area contributed by atoms with Crippen LogP contribution in [0, 0.1) is 11.3 Å². The van der Waals surface area contributed by atoms with Crippen LogP contribution in [-0.4, -0.2) is 24.6 Å². The summed E-state index contributed by atoms with van der Waals surface area (Å²) in [6.07, 6.45) is 6.66. The molecule has 1 aliphatic carbocycles. The first-order chi connectivity index (χ1) is 9.78. The lowest BCUT2D eigenvalue weighted by Gasteiger charge is -2.33. The fourth-order valence-corrected chi connectivity index (χ4v) is 3.14.